The molecule has 2 nitrogen and oxygen atoms in total. The zero-order chi connectivity index (χ0) is 15.5. The van der Waals surface area contributed by atoms with Crippen LogP contribution in [0, 0.1) is 11.3 Å². The summed E-state index contributed by atoms with van der Waals surface area (Å²) < 4.78 is 0. The summed E-state index contributed by atoms with van der Waals surface area (Å²) in [5.41, 5.74) is 0.528. The summed E-state index contributed by atoms with van der Waals surface area (Å²) >= 11 is 0. The van der Waals surface area contributed by atoms with Gasteiger partial charge in [-0.15, -0.1) is 0 Å². The molecule has 2 rings (SSSR count). The number of nitrogens with zero attached hydrogens (tertiary/aromatic N) is 1. The molecule has 2 aliphatic carbocycles. The minimum atomic E-state index is 0.528. The molecule has 0 radical (unpaired) electrons. The van der Waals surface area contributed by atoms with Crippen LogP contribution in [0.1, 0.15) is 79.6 Å². The maximum Gasteiger partial charge on any atom is 0.0257 e. The van der Waals surface area contributed by atoms with Crippen LogP contribution < -0.4 is 5.32 Å². The van der Waals surface area contributed by atoms with Crippen LogP contribution in [0.25, 0.3) is 0 Å². The van der Waals surface area contributed by atoms with Crippen LogP contribution in [0.15, 0.2) is 0 Å². The Morgan fingerprint density at radius 3 is 2.48 bits per heavy atom. The van der Waals surface area contributed by atoms with Gasteiger partial charge in [-0.1, -0.05) is 34.6 Å². The van der Waals surface area contributed by atoms with Gasteiger partial charge in [-0.25, -0.2) is 0 Å². The second-order valence-electron chi connectivity index (χ2n) is 8.69. The van der Waals surface area contributed by atoms with Crippen LogP contribution in [0.2, 0.25) is 0 Å². The van der Waals surface area contributed by atoms with Gasteiger partial charge in [0.1, 0.15) is 0 Å². The Morgan fingerprint density at radius 1 is 1.19 bits per heavy atom. The number of hydrogen-bond donors (Lipinski definition) is 1. The highest BCUT2D eigenvalue weighted by molar-refractivity contribution is 4.99. The molecule has 2 unspecified atom stereocenters. The highest BCUT2D eigenvalue weighted by atomic mass is 15.2. The normalized spacial score (nSPS) is 29.3. The summed E-state index contributed by atoms with van der Waals surface area (Å²) in [6, 6.07) is 2.39. The maximum atomic E-state index is 3.87. The van der Waals surface area contributed by atoms with Crippen molar-refractivity contribution in [2.45, 2.75) is 97.7 Å². The van der Waals surface area contributed by atoms with E-state index in [2.05, 4.69) is 44.8 Å². The SMILES string of the molecule is CCCNC1CCC(C)(C)CC1N(CCC(C)C)C1CC1. The third-order valence-corrected chi connectivity index (χ3v) is 5.42. The van der Waals surface area contributed by atoms with Gasteiger partial charge in [0.2, 0.25) is 0 Å². The summed E-state index contributed by atoms with van der Waals surface area (Å²) in [5, 5.41) is 3.87. The molecule has 21 heavy (non-hydrogen) atoms. The molecule has 0 aromatic carbocycles. The number of hydrogen-bond acceptors (Lipinski definition) is 2. The fraction of sp³-hybridized carbons (Fsp3) is 1.00. The molecule has 2 saturated carbocycles. The van der Waals surface area contributed by atoms with E-state index >= 15 is 0 Å². The fourth-order valence-electron chi connectivity index (χ4n) is 3.90. The van der Waals surface area contributed by atoms with Gasteiger partial charge in [-0.3, -0.25) is 4.90 Å². The van der Waals surface area contributed by atoms with Crippen LogP contribution in [0.3, 0.4) is 0 Å². The maximum absolute atomic E-state index is 3.87. The van der Waals surface area contributed by atoms with Crippen molar-refractivity contribution < 1.29 is 0 Å². The molecule has 0 aromatic rings. The van der Waals surface area contributed by atoms with E-state index in [0.29, 0.717) is 5.41 Å². The molecule has 0 amide bonds. The Hall–Kier alpha value is -0.0800. The first-order valence-corrected chi connectivity index (χ1v) is 9.42. The minimum Gasteiger partial charge on any atom is -0.312 e. The smallest absolute Gasteiger partial charge is 0.0257 e. The monoisotopic (exact) mass is 294 g/mol. The van der Waals surface area contributed by atoms with Crippen molar-refractivity contribution in [3.63, 3.8) is 0 Å². The Morgan fingerprint density at radius 2 is 1.90 bits per heavy atom. The van der Waals surface area contributed by atoms with E-state index < -0.39 is 0 Å². The molecule has 0 aromatic heterocycles. The molecule has 0 bridgehead atoms. The Kier molecular flexibility index (Phi) is 6.14. The van der Waals surface area contributed by atoms with E-state index in [1.165, 1.54) is 58.0 Å². The van der Waals surface area contributed by atoms with Gasteiger partial charge < -0.3 is 5.32 Å². The van der Waals surface area contributed by atoms with Crippen molar-refractivity contribution in [2.75, 3.05) is 13.1 Å². The van der Waals surface area contributed by atoms with Crippen molar-refractivity contribution in [3.05, 3.63) is 0 Å². The molecule has 0 spiro atoms. The molecule has 2 heteroatoms. The zero-order valence-corrected chi connectivity index (χ0v) is 15.1. The second-order valence-corrected chi connectivity index (χ2v) is 8.69. The molecular formula is C19H38N2. The predicted molar refractivity (Wildman–Crippen MR) is 92.7 cm³/mol. The van der Waals surface area contributed by atoms with Gasteiger partial charge in [0.05, 0.1) is 0 Å². The Bertz CT molecular complexity index is 307. The lowest BCUT2D eigenvalue weighted by molar-refractivity contribution is 0.0561. The summed E-state index contributed by atoms with van der Waals surface area (Å²) in [6.07, 6.45) is 9.61. The lowest BCUT2D eigenvalue weighted by Gasteiger charge is -2.47. The summed E-state index contributed by atoms with van der Waals surface area (Å²) in [4.78, 5) is 2.90. The molecule has 1 N–H and O–H groups in total. The van der Waals surface area contributed by atoms with E-state index in [-0.39, 0.29) is 0 Å². The predicted octanol–water partition coefficient (Wildman–Crippen LogP) is 4.44. The Balaban J connectivity index is 2.03. The van der Waals surface area contributed by atoms with Crippen LogP contribution in [-0.4, -0.2) is 36.1 Å². The van der Waals surface area contributed by atoms with Crippen molar-refractivity contribution >= 4 is 0 Å². The lowest BCUT2D eigenvalue weighted by Crippen LogP contribution is -2.55. The number of nitrogens with one attached hydrogen (secondary N) is 1. The van der Waals surface area contributed by atoms with Crippen LogP contribution >= 0.6 is 0 Å². The van der Waals surface area contributed by atoms with E-state index in [9.17, 15) is 0 Å². The average molecular weight is 295 g/mol. The van der Waals surface area contributed by atoms with Crippen molar-refractivity contribution in [2.24, 2.45) is 11.3 Å². The van der Waals surface area contributed by atoms with E-state index in [0.717, 1.165) is 24.0 Å². The van der Waals surface area contributed by atoms with E-state index in [4.69, 9.17) is 0 Å². The van der Waals surface area contributed by atoms with Gasteiger partial charge in [-0.2, -0.15) is 0 Å². The van der Waals surface area contributed by atoms with Gasteiger partial charge in [0.15, 0.2) is 0 Å². The first-order valence-electron chi connectivity index (χ1n) is 9.42. The van der Waals surface area contributed by atoms with Crippen molar-refractivity contribution in [3.8, 4) is 0 Å². The van der Waals surface area contributed by atoms with Crippen LogP contribution in [0.4, 0.5) is 0 Å². The van der Waals surface area contributed by atoms with Gasteiger partial charge in [0.25, 0.3) is 0 Å². The molecular weight excluding hydrogens is 256 g/mol. The second kappa shape index (κ2) is 7.46. The average Bonchev–Trinajstić information content (AvgIpc) is 3.21. The molecule has 0 heterocycles. The first-order chi connectivity index (χ1) is 9.93. The number of rotatable bonds is 8. The molecule has 0 aliphatic heterocycles. The van der Waals surface area contributed by atoms with Crippen molar-refractivity contribution in [1.29, 1.82) is 0 Å². The molecule has 2 aliphatic rings. The van der Waals surface area contributed by atoms with E-state index in [1.807, 2.05) is 0 Å². The van der Waals surface area contributed by atoms with E-state index in [1.54, 1.807) is 0 Å². The fourth-order valence-corrected chi connectivity index (χ4v) is 3.90. The quantitative estimate of drug-likeness (QED) is 0.712. The summed E-state index contributed by atoms with van der Waals surface area (Å²) in [5.74, 6) is 0.824. The third kappa shape index (κ3) is 5.25. The highest BCUT2D eigenvalue weighted by Crippen LogP contribution is 2.41. The van der Waals surface area contributed by atoms with Gasteiger partial charge in [-0.05, 0) is 69.4 Å². The van der Waals surface area contributed by atoms with Crippen LogP contribution in [0.5, 0.6) is 0 Å². The van der Waals surface area contributed by atoms with Gasteiger partial charge >= 0.3 is 0 Å². The standard InChI is InChI=1S/C19H38N2/c1-6-12-20-17-9-11-19(4,5)14-18(17)21(16-7-8-16)13-10-15(2)3/h15-18,20H,6-14H2,1-5H3. The summed E-state index contributed by atoms with van der Waals surface area (Å²) in [7, 11) is 0. The molecule has 0 saturated heterocycles. The minimum absolute atomic E-state index is 0.528. The van der Waals surface area contributed by atoms with Crippen molar-refractivity contribution in [1.82, 2.24) is 10.2 Å². The summed E-state index contributed by atoms with van der Waals surface area (Å²) in [6.45, 7) is 14.5. The molecule has 124 valence electrons. The highest BCUT2D eigenvalue weighted by Gasteiger charge is 2.42. The molecule has 2 fully saturated rings. The topological polar surface area (TPSA) is 15.3 Å². The molecule has 2 atom stereocenters. The third-order valence-electron chi connectivity index (χ3n) is 5.42. The largest absolute Gasteiger partial charge is 0.312 e. The van der Waals surface area contributed by atoms with Gasteiger partial charge in [0, 0.05) is 18.1 Å². The lowest BCUT2D eigenvalue weighted by atomic mass is 9.72. The zero-order valence-electron chi connectivity index (χ0n) is 15.1. The van der Waals surface area contributed by atoms with Crippen LogP contribution in [-0.2, 0) is 0 Å². The Labute approximate surface area is 133 Å². The first kappa shape index (κ1) is 17.3.